The summed E-state index contributed by atoms with van der Waals surface area (Å²) in [6, 6.07) is 11.2. The molecule has 26 heavy (non-hydrogen) atoms. The van der Waals surface area contributed by atoms with E-state index in [1.807, 2.05) is 24.3 Å². The summed E-state index contributed by atoms with van der Waals surface area (Å²) in [5.74, 6) is 0.466. The van der Waals surface area contributed by atoms with Gasteiger partial charge in [0.25, 0.3) is 11.5 Å². The summed E-state index contributed by atoms with van der Waals surface area (Å²) in [6.45, 7) is 2.48. The van der Waals surface area contributed by atoms with Crippen LogP contribution in [0.15, 0.2) is 47.4 Å². The lowest BCUT2D eigenvalue weighted by Crippen LogP contribution is -2.41. The van der Waals surface area contributed by atoms with Crippen molar-refractivity contribution < 1.29 is 9.53 Å². The number of hydrogen-bond acceptors (Lipinski definition) is 4. The van der Waals surface area contributed by atoms with E-state index in [-0.39, 0.29) is 23.1 Å². The summed E-state index contributed by atoms with van der Waals surface area (Å²) < 4.78 is 5.24. The Morgan fingerprint density at radius 3 is 2.58 bits per heavy atom. The highest BCUT2D eigenvalue weighted by atomic mass is 16.5. The molecule has 1 saturated heterocycles. The predicted octanol–water partition coefficient (Wildman–Crippen LogP) is 2.34. The minimum atomic E-state index is -0.371. The number of carbonyl (C=O) groups excluding carboxylic acids is 1. The third-order valence-electron chi connectivity index (χ3n) is 4.85. The van der Waals surface area contributed by atoms with Gasteiger partial charge in [0.1, 0.15) is 11.3 Å². The normalized spacial score (nSPS) is 16.0. The number of ether oxygens (including phenoxy) is 1. The van der Waals surface area contributed by atoms with Crippen LogP contribution in [0.4, 0.5) is 0 Å². The summed E-state index contributed by atoms with van der Waals surface area (Å²) in [4.78, 5) is 29.2. The van der Waals surface area contributed by atoms with Crippen molar-refractivity contribution in [2.45, 2.75) is 25.3 Å². The highest BCUT2D eigenvalue weighted by molar-refractivity contribution is 5.93. The van der Waals surface area contributed by atoms with Gasteiger partial charge in [-0.15, -0.1) is 0 Å². The zero-order valence-electron chi connectivity index (χ0n) is 15.0. The van der Waals surface area contributed by atoms with Crippen LogP contribution >= 0.6 is 0 Å². The van der Waals surface area contributed by atoms with Gasteiger partial charge in [0.05, 0.1) is 13.2 Å². The third-order valence-corrected chi connectivity index (χ3v) is 4.85. The molecule has 1 aliphatic heterocycles. The molecule has 1 amide bonds. The first-order valence-electron chi connectivity index (χ1n) is 9.03. The Balaban J connectivity index is 1.75. The van der Waals surface area contributed by atoms with E-state index in [4.69, 9.17) is 4.74 Å². The molecule has 1 aliphatic rings. The average Bonchev–Trinajstić information content (AvgIpc) is 2.69. The Morgan fingerprint density at radius 1 is 1.19 bits per heavy atom. The van der Waals surface area contributed by atoms with E-state index < -0.39 is 0 Å². The molecule has 1 fully saturated rings. The number of carbonyl (C=O) groups is 1. The molecule has 0 radical (unpaired) electrons. The van der Waals surface area contributed by atoms with Gasteiger partial charge in [-0.1, -0.05) is 18.6 Å². The first-order chi connectivity index (χ1) is 12.7. The van der Waals surface area contributed by atoms with Crippen LogP contribution in [0.1, 0.15) is 41.2 Å². The minimum Gasteiger partial charge on any atom is -0.497 e. The lowest BCUT2D eigenvalue weighted by atomic mass is 10.0. The molecule has 0 saturated carbocycles. The van der Waals surface area contributed by atoms with Crippen molar-refractivity contribution in [3.63, 3.8) is 0 Å². The lowest BCUT2D eigenvalue weighted by Gasteiger charge is -2.35. The number of amides is 1. The summed E-state index contributed by atoms with van der Waals surface area (Å²) >= 11 is 0. The molecule has 0 bridgehead atoms. The fraction of sp³-hybridized carbons (Fsp3) is 0.400. The quantitative estimate of drug-likeness (QED) is 0.834. The molecule has 2 N–H and O–H groups in total. The van der Waals surface area contributed by atoms with Crippen LogP contribution in [0.5, 0.6) is 5.75 Å². The smallest absolute Gasteiger partial charge is 0.260 e. The first kappa shape index (κ1) is 18.2. The van der Waals surface area contributed by atoms with Crippen molar-refractivity contribution in [3.05, 3.63) is 64.1 Å². The number of benzene rings is 1. The molecule has 1 atom stereocenters. The SMILES string of the molecule is COc1ccc(C(CNC(=O)c2ccc[nH]c2=O)N2CCCCC2)cc1. The Bertz CT molecular complexity index is 779. The van der Waals surface area contributed by atoms with Crippen LogP contribution in [0.3, 0.4) is 0 Å². The number of H-pyrrole nitrogens is 1. The highest BCUT2D eigenvalue weighted by Crippen LogP contribution is 2.25. The van der Waals surface area contributed by atoms with Gasteiger partial charge < -0.3 is 15.0 Å². The number of piperidine rings is 1. The summed E-state index contributed by atoms with van der Waals surface area (Å²) in [6.07, 6.45) is 5.10. The zero-order valence-corrected chi connectivity index (χ0v) is 15.0. The van der Waals surface area contributed by atoms with Crippen molar-refractivity contribution in [1.29, 1.82) is 0 Å². The fourth-order valence-corrected chi connectivity index (χ4v) is 3.40. The first-order valence-corrected chi connectivity index (χ1v) is 9.03. The topological polar surface area (TPSA) is 74.4 Å². The summed E-state index contributed by atoms with van der Waals surface area (Å²) in [5.41, 5.74) is 0.901. The largest absolute Gasteiger partial charge is 0.497 e. The monoisotopic (exact) mass is 355 g/mol. The number of rotatable bonds is 6. The Hall–Kier alpha value is -2.60. The number of aromatic amines is 1. The maximum atomic E-state index is 12.4. The molecule has 0 aliphatic carbocycles. The Labute approximate surface area is 153 Å². The third kappa shape index (κ3) is 4.32. The van der Waals surface area contributed by atoms with E-state index in [2.05, 4.69) is 15.2 Å². The standard InChI is InChI=1S/C20H25N3O3/c1-26-16-9-7-15(8-10-16)18(23-12-3-2-4-13-23)14-22-20(25)17-6-5-11-21-19(17)24/h5-11,18H,2-4,12-14H2,1H3,(H,21,24)(H,22,25). The number of hydrogen-bond donors (Lipinski definition) is 2. The van der Waals surface area contributed by atoms with Crippen molar-refractivity contribution in [2.24, 2.45) is 0 Å². The number of nitrogens with zero attached hydrogens (tertiary/aromatic N) is 1. The van der Waals surface area contributed by atoms with E-state index >= 15 is 0 Å². The highest BCUT2D eigenvalue weighted by Gasteiger charge is 2.23. The van der Waals surface area contributed by atoms with E-state index in [1.165, 1.54) is 31.5 Å². The van der Waals surface area contributed by atoms with Crippen LogP contribution in [0.2, 0.25) is 0 Å². The van der Waals surface area contributed by atoms with Crippen molar-refractivity contribution in [3.8, 4) is 5.75 Å². The fourth-order valence-electron chi connectivity index (χ4n) is 3.40. The molecule has 6 nitrogen and oxygen atoms in total. The van der Waals surface area contributed by atoms with Gasteiger partial charge in [0.2, 0.25) is 0 Å². The summed E-state index contributed by atoms with van der Waals surface area (Å²) in [7, 11) is 1.65. The van der Waals surface area contributed by atoms with Gasteiger partial charge in [0.15, 0.2) is 0 Å². The van der Waals surface area contributed by atoms with Gasteiger partial charge in [-0.25, -0.2) is 0 Å². The van der Waals surface area contributed by atoms with Crippen LogP contribution < -0.4 is 15.6 Å². The van der Waals surface area contributed by atoms with E-state index in [9.17, 15) is 9.59 Å². The van der Waals surface area contributed by atoms with Crippen LogP contribution in [-0.2, 0) is 0 Å². The van der Waals surface area contributed by atoms with Gasteiger partial charge >= 0.3 is 0 Å². The maximum absolute atomic E-state index is 12.4. The number of aromatic nitrogens is 1. The number of nitrogens with one attached hydrogen (secondary N) is 2. The van der Waals surface area contributed by atoms with Gasteiger partial charge in [-0.3, -0.25) is 14.5 Å². The van der Waals surface area contributed by atoms with E-state index in [1.54, 1.807) is 13.2 Å². The molecule has 2 heterocycles. The molecule has 138 valence electrons. The van der Waals surface area contributed by atoms with Crippen molar-refractivity contribution in [2.75, 3.05) is 26.7 Å². The maximum Gasteiger partial charge on any atom is 0.260 e. The van der Waals surface area contributed by atoms with Crippen LogP contribution in [0, 0.1) is 0 Å². The Morgan fingerprint density at radius 2 is 1.92 bits per heavy atom. The second-order valence-corrected chi connectivity index (χ2v) is 6.51. The molecule has 1 aromatic heterocycles. The molecular weight excluding hydrogens is 330 g/mol. The molecule has 0 spiro atoms. The summed E-state index contributed by atoms with van der Waals surface area (Å²) in [5, 5.41) is 2.93. The molecule has 1 unspecified atom stereocenters. The average molecular weight is 355 g/mol. The van der Waals surface area contributed by atoms with Gasteiger partial charge in [-0.05, 0) is 55.8 Å². The van der Waals surface area contributed by atoms with Crippen LogP contribution in [0.25, 0.3) is 0 Å². The zero-order chi connectivity index (χ0) is 18.4. The predicted molar refractivity (Wildman–Crippen MR) is 101 cm³/mol. The van der Waals surface area contributed by atoms with Crippen molar-refractivity contribution in [1.82, 2.24) is 15.2 Å². The van der Waals surface area contributed by atoms with Crippen LogP contribution in [-0.4, -0.2) is 42.5 Å². The van der Waals surface area contributed by atoms with Gasteiger partial charge in [0, 0.05) is 12.7 Å². The second-order valence-electron chi connectivity index (χ2n) is 6.51. The molecule has 1 aromatic carbocycles. The van der Waals surface area contributed by atoms with E-state index in [0.717, 1.165) is 24.4 Å². The van der Waals surface area contributed by atoms with Gasteiger partial charge in [-0.2, -0.15) is 0 Å². The molecule has 2 aromatic rings. The molecule has 3 rings (SSSR count). The number of pyridine rings is 1. The second kappa shape index (κ2) is 8.67. The minimum absolute atomic E-state index is 0.0768. The van der Waals surface area contributed by atoms with E-state index in [0.29, 0.717) is 6.54 Å². The lowest BCUT2D eigenvalue weighted by molar-refractivity contribution is 0.0923. The Kier molecular flexibility index (Phi) is 6.07. The number of methoxy groups -OCH3 is 1. The number of likely N-dealkylation sites (tertiary alicyclic amines) is 1. The molecule has 6 heteroatoms. The van der Waals surface area contributed by atoms with Crippen molar-refractivity contribution >= 4 is 5.91 Å². The molecular formula is C20H25N3O3.